The summed E-state index contributed by atoms with van der Waals surface area (Å²) in [5.41, 5.74) is 1.74. The average molecular weight is 429 g/mol. The molecule has 0 saturated carbocycles. The molecule has 2 heterocycles. The van der Waals surface area contributed by atoms with Gasteiger partial charge in [0.15, 0.2) is 0 Å². The van der Waals surface area contributed by atoms with Crippen LogP contribution in [0.4, 0.5) is 0 Å². The summed E-state index contributed by atoms with van der Waals surface area (Å²) in [7, 11) is 1.65. The van der Waals surface area contributed by atoms with Crippen molar-refractivity contribution in [2.24, 2.45) is 5.41 Å². The quantitative estimate of drug-likeness (QED) is 0.680. The Morgan fingerprint density at radius 1 is 1.20 bits per heavy atom. The molecule has 1 aliphatic rings. The molecule has 2 aromatic rings. The van der Waals surface area contributed by atoms with E-state index in [-0.39, 0.29) is 24.4 Å². The first kappa shape index (κ1) is 22.3. The summed E-state index contributed by atoms with van der Waals surface area (Å²) >= 11 is 1.75. The number of fused-ring (bicyclic) bond motifs is 1. The fourth-order valence-corrected chi connectivity index (χ4v) is 4.89. The van der Waals surface area contributed by atoms with Crippen LogP contribution >= 0.6 is 11.3 Å². The minimum absolute atomic E-state index is 0.00119. The van der Waals surface area contributed by atoms with E-state index in [0.717, 1.165) is 24.2 Å². The van der Waals surface area contributed by atoms with Crippen molar-refractivity contribution < 1.29 is 14.3 Å². The number of carbonyl (C=O) groups is 2. The molecule has 162 valence electrons. The predicted molar refractivity (Wildman–Crippen MR) is 121 cm³/mol. The van der Waals surface area contributed by atoms with Gasteiger partial charge in [0.2, 0.25) is 11.8 Å². The van der Waals surface area contributed by atoms with Gasteiger partial charge in [0.25, 0.3) is 0 Å². The third-order valence-electron chi connectivity index (χ3n) is 5.47. The van der Waals surface area contributed by atoms with E-state index in [1.54, 1.807) is 23.3 Å². The molecule has 1 aromatic heterocycles. The molecule has 2 amide bonds. The molecular weight excluding hydrogens is 396 g/mol. The van der Waals surface area contributed by atoms with Crippen LogP contribution in [0.1, 0.15) is 56.2 Å². The van der Waals surface area contributed by atoms with E-state index in [4.69, 9.17) is 4.74 Å². The maximum Gasteiger partial charge on any atom is 0.242 e. The molecule has 0 aliphatic carbocycles. The Kier molecular flexibility index (Phi) is 6.86. The minimum Gasteiger partial charge on any atom is -0.497 e. The second-order valence-electron chi connectivity index (χ2n) is 8.79. The van der Waals surface area contributed by atoms with E-state index in [1.165, 1.54) is 10.4 Å². The molecule has 1 atom stereocenters. The van der Waals surface area contributed by atoms with Crippen molar-refractivity contribution in [3.05, 3.63) is 51.7 Å². The Hall–Kier alpha value is -2.34. The summed E-state index contributed by atoms with van der Waals surface area (Å²) in [4.78, 5) is 31.3. The molecule has 0 spiro atoms. The van der Waals surface area contributed by atoms with E-state index in [2.05, 4.69) is 11.4 Å². The first-order valence-corrected chi connectivity index (χ1v) is 11.4. The molecule has 0 unspecified atom stereocenters. The number of rotatable bonds is 6. The fraction of sp³-hybridized carbons (Fsp3) is 0.500. The average Bonchev–Trinajstić information content (AvgIpc) is 3.20. The lowest BCUT2D eigenvalue weighted by Crippen LogP contribution is -2.49. The van der Waals surface area contributed by atoms with Crippen molar-refractivity contribution in [2.75, 3.05) is 26.7 Å². The SMILES string of the molecule is CCCN(CC(=O)N1CCc2sccc2[C@@H]1c1ccc(OC)cc1)C(=O)C(C)(C)C. The van der Waals surface area contributed by atoms with E-state index < -0.39 is 5.41 Å². The number of amides is 2. The van der Waals surface area contributed by atoms with Crippen LogP contribution in [0.25, 0.3) is 0 Å². The summed E-state index contributed by atoms with van der Waals surface area (Å²) in [6.45, 7) is 9.12. The topological polar surface area (TPSA) is 49.9 Å². The molecule has 0 radical (unpaired) electrons. The summed E-state index contributed by atoms with van der Waals surface area (Å²) in [5.74, 6) is 0.813. The van der Waals surface area contributed by atoms with Gasteiger partial charge in [-0.05, 0) is 47.5 Å². The first-order valence-electron chi connectivity index (χ1n) is 10.5. The lowest BCUT2D eigenvalue weighted by atomic mass is 9.92. The smallest absolute Gasteiger partial charge is 0.242 e. The van der Waals surface area contributed by atoms with Crippen molar-refractivity contribution >= 4 is 23.2 Å². The van der Waals surface area contributed by atoms with Crippen LogP contribution in [0, 0.1) is 5.41 Å². The van der Waals surface area contributed by atoms with E-state index >= 15 is 0 Å². The van der Waals surface area contributed by atoms with E-state index in [0.29, 0.717) is 13.1 Å². The monoisotopic (exact) mass is 428 g/mol. The Morgan fingerprint density at radius 3 is 2.50 bits per heavy atom. The second-order valence-corrected chi connectivity index (χ2v) is 9.79. The van der Waals surface area contributed by atoms with Crippen LogP contribution in [-0.4, -0.2) is 48.4 Å². The Labute approximate surface area is 183 Å². The Morgan fingerprint density at radius 2 is 1.90 bits per heavy atom. The standard InChI is InChI=1S/C24H32N2O3S/c1-6-13-25(23(28)24(2,3)4)16-21(27)26-14-11-20-19(12-15-30-20)22(26)17-7-9-18(29-5)10-8-17/h7-10,12,15,22H,6,11,13-14,16H2,1-5H3/t22-/m0/s1. The van der Waals surface area contributed by atoms with Gasteiger partial charge in [-0.2, -0.15) is 0 Å². The first-order chi connectivity index (χ1) is 14.3. The highest BCUT2D eigenvalue weighted by atomic mass is 32.1. The molecule has 0 fully saturated rings. The molecule has 6 heteroatoms. The van der Waals surface area contributed by atoms with Gasteiger partial charge in [-0.1, -0.05) is 39.8 Å². The highest BCUT2D eigenvalue weighted by Crippen LogP contribution is 2.38. The maximum atomic E-state index is 13.5. The van der Waals surface area contributed by atoms with Crippen LogP contribution < -0.4 is 4.74 Å². The fourth-order valence-electron chi connectivity index (χ4n) is 3.98. The summed E-state index contributed by atoms with van der Waals surface area (Å²) in [5, 5.41) is 2.10. The van der Waals surface area contributed by atoms with Gasteiger partial charge in [0.05, 0.1) is 19.7 Å². The van der Waals surface area contributed by atoms with Gasteiger partial charge in [-0.15, -0.1) is 11.3 Å². The molecule has 5 nitrogen and oxygen atoms in total. The zero-order valence-electron chi connectivity index (χ0n) is 18.6. The van der Waals surface area contributed by atoms with Gasteiger partial charge in [0.1, 0.15) is 5.75 Å². The maximum absolute atomic E-state index is 13.5. The van der Waals surface area contributed by atoms with Crippen LogP contribution in [0.2, 0.25) is 0 Å². The zero-order chi connectivity index (χ0) is 21.9. The molecule has 3 rings (SSSR count). The Balaban J connectivity index is 1.89. The number of nitrogens with zero attached hydrogens (tertiary/aromatic N) is 2. The highest BCUT2D eigenvalue weighted by Gasteiger charge is 2.35. The Bertz CT molecular complexity index is 883. The number of thiophene rings is 1. The molecule has 0 bridgehead atoms. The number of hydrogen-bond donors (Lipinski definition) is 0. The molecule has 30 heavy (non-hydrogen) atoms. The van der Waals surface area contributed by atoms with Crippen molar-refractivity contribution in [2.45, 2.75) is 46.6 Å². The highest BCUT2D eigenvalue weighted by molar-refractivity contribution is 7.10. The molecule has 1 aliphatic heterocycles. The van der Waals surface area contributed by atoms with Gasteiger partial charge < -0.3 is 14.5 Å². The summed E-state index contributed by atoms with van der Waals surface area (Å²) in [6, 6.07) is 9.92. The normalized spacial score (nSPS) is 16.2. The number of hydrogen-bond acceptors (Lipinski definition) is 4. The van der Waals surface area contributed by atoms with Crippen LogP contribution in [-0.2, 0) is 16.0 Å². The van der Waals surface area contributed by atoms with Crippen LogP contribution in [0.3, 0.4) is 0 Å². The third-order valence-corrected chi connectivity index (χ3v) is 6.46. The third kappa shape index (κ3) is 4.69. The lowest BCUT2D eigenvalue weighted by molar-refractivity contribution is -0.146. The van der Waals surface area contributed by atoms with Gasteiger partial charge in [-0.3, -0.25) is 9.59 Å². The van der Waals surface area contributed by atoms with Crippen molar-refractivity contribution in [3.63, 3.8) is 0 Å². The largest absolute Gasteiger partial charge is 0.497 e. The van der Waals surface area contributed by atoms with Crippen molar-refractivity contribution in [1.82, 2.24) is 9.80 Å². The number of benzene rings is 1. The molecular formula is C24H32N2O3S. The van der Waals surface area contributed by atoms with Gasteiger partial charge in [-0.25, -0.2) is 0 Å². The van der Waals surface area contributed by atoms with Gasteiger partial charge >= 0.3 is 0 Å². The zero-order valence-corrected chi connectivity index (χ0v) is 19.4. The predicted octanol–water partition coefficient (Wildman–Crippen LogP) is 4.52. The summed E-state index contributed by atoms with van der Waals surface area (Å²) in [6.07, 6.45) is 1.68. The number of carbonyl (C=O) groups excluding carboxylic acids is 2. The number of ether oxygens (including phenoxy) is 1. The van der Waals surface area contributed by atoms with Crippen LogP contribution in [0.5, 0.6) is 5.75 Å². The number of methoxy groups -OCH3 is 1. The molecule has 0 N–H and O–H groups in total. The second kappa shape index (κ2) is 9.21. The van der Waals surface area contributed by atoms with Gasteiger partial charge in [0, 0.05) is 23.4 Å². The lowest BCUT2D eigenvalue weighted by Gasteiger charge is -2.38. The molecule has 1 aromatic carbocycles. The van der Waals surface area contributed by atoms with E-state index in [9.17, 15) is 9.59 Å². The van der Waals surface area contributed by atoms with Crippen molar-refractivity contribution in [3.8, 4) is 5.75 Å². The van der Waals surface area contributed by atoms with E-state index in [1.807, 2.05) is 56.9 Å². The molecule has 0 saturated heterocycles. The summed E-state index contributed by atoms with van der Waals surface area (Å²) < 4.78 is 5.30. The van der Waals surface area contributed by atoms with Crippen molar-refractivity contribution in [1.29, 1.82) is 0 Å². The van der Waals surface area contributed by atoms with Crippen LogP contribution in [0.15, 0.2) is 35.7 Å². The minimum atomic E-state index is -0.507.